The van der Waals surface area contributed by atoms with Crippen LogP contribution < -0.4 is 15.5 Å². The summed E-state index contributed by atoms with van der Waals surface area (Å²) in [7, 11) is 3.95. The van der Waals surface area contributed by atoms with Crippen LogP contribution in [0.5, 0.6) is 0 Å². The van der Waals surface area contributed by atoms with Crippen LogP contribution in [0, 0.1) is 13.8 Å². The van der Waals surface area contributed by atoms with E-state index in [0.29, 0.717) is 13.1 Å². The van der Waals surface area contributed by atoms with Crippen molar-refractivity contribution in [3.63, 3.8) is 0 Å². The average molecular weight is 447 g/mol. The van der Waals surface area contributed by atoms with Gasteiger partial charge in [-0.15, -0.1) is 0 Å². The summed E-state index contributed by atoms with van der Waals surface area (Å²) in [5.74, 6) is 1.80. The Bertz CT molecular complexity index is 1080. The Morgan fingerprint density at radius 1 is 1.00 bits per heavy atom. The minimum Gasteiger partial charge on any atom is -0.354 e. The highest BCUT2D eigenvalue weighted by Gasteiger charge is 2.15. The Balaban J connectivity index is 1.33. The molecular formula is C25H34N8. The number of hydrogen-bond donors (Lipinski definition) is 2. The lowest BCUT2D eigenvalue weighted by Crippen LogP contribution is -2.44. The van der Waals surface area contributed by atoms with Crippen LogP contribution in [0.15, 0.2) is 53.7 Å². The molecule has 1 aliphatic rings. The summed E-state index contributed by atoms with van der Waals surface area (Å²) in [6.07, 6.45) is 1.95. The molecule has 0 atom stereocenters. The molecule has 0 bridgehead atoms. The molecule has 8 heteroatoms. The van der Waals surface area contributed by atoms with Crippen LogP contribution in [0.25, 0.3) is 5.69 Å². The van der Waals surface area contributed by atoms with Gasteiger partial charge in [0.1, 0.15) is 5.82 Å². The molecule has 2 aromatic heterocycles. The predicted molar refractivity (Wildman–Crippen MR) is 134 cm³/mol. The van der Waals surface area contributed by atoms with Crippen molar-refractivity contribution < 1.29 is 0 Å². The van der Waals surface area contributed by atoms with E-state index < -0.39 is 0 Å². The first kappa shape index (κ1) is 22.8. The van der Waals surface area contributed by atoms with Gasteiger partial charge in [0.2, 0.25) is 0 Å². The van der Waals surface area contributed by atoms with Gasteiger partial charge in [-0.2, -0.15) is 5.10 Å². The van der Waals surface area contributed by atoms with Crippen molar-refractivity contribution in [1.29, 1.82) is 0 Å². The Morgan fingerprint density at radius 2 is 1.76 bits per heavy atom. The monoisotopic (exact) mass is 446 g/mol. The SMILES string of the molecule is CN=C(NCc1ccc(N2CCN(C)CC2)nc1)NCc1ccccc1-n1nc(C)cc1C. The number of piperazine rings is 1. The number of aryl methyl sites for hydroxylation is 2. The molecule has 3 heterocycles. The average Bonchev–Trinajstić information content (AvgIpc) is 3.18. The van der Waals surface area contributed by atoms with Crippen molar-refractivity contribution in [1.82, 2.24) is 30.3 Å². The maximum Gasteiger partial charge on any atom is 0.191 e. The molecule has 0 spiro atoms. The fourth-order valence-electron chi connectivity index (χ4n) is 4.07. The third kappa shape index (κ3) is 5.70. The van der Waals surface area contributed by atoms with Crippen molar-refractivity contribution in [2.24, 2.45) is 4.99 Å². The molecule has 0 amide bonds. The van der Waals surface area contributed by atoms with Crippen molar-refractivity contribution in [3.05, 3.63) is 71.2 Å². The van der Waals surface area contributed by atoms with E-state index in [-0.39, 0.29) is 0 Å². The Morgan fingerprint density at radius 3 is 2.42 bits per heavy atom. The number of nitrogens with one attached hydrogen (secondary N) is 2. The quantitative estimate of drug-likeness (QED) is 0.448. The normalized spacial score (nSPS) is 15.0. The molecule has 4 rings (SSSR count). The zero-order chi connectivity index (χ0) is 23.2. The van der Waals surface area contributed by atoms with Crippen LogP contribution in [-0.4, -0.2) is 65.9 Å². The summed E-state index contributed by atoms with van der Waals surface area (Å²) >= 11 is 0. The summed E-state index contributed by atoms with van der Waals surface area (Å²) in [4.78, 5) is 13.8. The van der Waals surface area contributed by atoms with Crippen molar-refractivity contribution in [3.8, 4) is 5.69 Å². The van der Waals surface area contributed by atoms with Gasteiger partial charge in [-0.3, -0.25) is 4.99 Å². The van der Waals surface area contributed by atoms with Gasteiger partial charge in [-0.25, -0.2) is 9.67 Å². The van der Waals surface area contributed by atoms with Gasteiger partial charge < -0.3 is 20.4 Å². The Hall–Kier alpha value is -3.39. The molecular weight excluding hydrogens is 412 g/mol. The highest BCUT2D eigenvalue weighted by Crippen LogP contribution is 2.17. The second kappa shape index (κ2) is 10.5. The third-order valence-corrected chi connectivity index (χ3v) is 6.00. The molecule has 1 fully saturated rings. The molecule has 0 unspecified atom stereocenters. The number of guanidine groups is 1. The highest BCUT2D eigenvalue weighted by molar-refractivity contribution is 5.79. The summed E-state index contributed by atoms with van der Waals surface area (Å²) in [5, 5.41) is 11.5. The zero-order valence-electron chi connectivity index (χ0n) is 20.0. The first-order chi connectivity index (χ1) is 16.0. The first-order valence-corrected chi connectivity index (χ1v) is 11.5. The maximum atomic E-state index is 4.68. The van der Waals surface area contributed by atoms with E-state index in [1.54, 1.807) is 7.05 Å². The molecule has 1 aliphatic heterocycles. The van der Waals surface area contributed by atoms with Crippen LogP contribution in [0.3, 0.4) is 0 Å². The van der Waals surface area contributed by atoms with E-state index in [9.17, 15) is 0 Å². The van der Waals surface area contributed by atoms with Gasteiger partial charge in [0.05, 0.1) is 11.4 Å². The lowest BCUT2D eigenvalue weighted by Gasteiger charge is -2.33. The molecule has 2 N–H and O–H groups in total. The number of rotatable bonds is 6. The number of pyridine rings is 1. The van der Waals surface area contributed by atoms with Crippen LogP contribution in [0.4, 0.5) is 5.82 Å². The van der Waals surface area contributed by atoms with E-state index in [4.69, 9.17) is 0 Å². The summed E-state index contributed by atoms with van der Waals surface area (Å²) < 4.78 is 2.00. The van der Waals surface area contributed by atoms with Crippen LogP contribution in [-0.2, 0) is 13.1 Å². The van der Waals surface area contributed by atoms with Crippen LogP contribution in [0.2, 0.25) is 0 Å². The number of aliphatic imine (C=N–C) groups is 1. The number of hydrogen-bond acceptors (Lipinski definition) is 5. The van der Waals surface area contributed by atoms with E-state index in [0.717, 1.165) is 66.2 Å². The van der Waals surface area contributed by atoms with E-state index >= 15 is 0 Å². The van der Waals surface area contributed by atoms with Gasteiger partial charge in [0.25, 0.3) is 0 Å². The van der Waals surface area contributed by atoms with E-state index in [1.165, 1.54) is 0 Å². The fraction of sp³-hybridized carbons (Fsp3) is 0.400. The van der Waals surface area contributed by atoms with Gasteiger partial charge >= 0.3 is 0 Å². The van der Waals surface area contributed by atoms with E-state index in [2.05, 4.69) is 85.9 Å². The maximum absolute atomic E-state index is 4.68. The summed E-state index contributed by atoms with van der Waals surface area (Å²) in [6.45, 7) is 9.61. The molecule has 8 nitrogen and oxygen atoms in total. The predicted octanol–water partition coefficient (Wildman–Crippen LogP) is 2.50. The number of nitrogens with zero attached hydrogens (tertiary/aromatic N) is 6. The van der Waals surface area contributed by atoms with Crippen molar-refractivity contribution in [2.45, 2.75) is 26.9 Å². The van der Waals surface area contributed by atoms with Gasteiger partial charge in [-0.1, -0.05) is 24.3 Å². The smallest absolute Gasteiger partial charge is 0.191 e. The second-order valence-electron chi connectivity index (χ2n) is 8.56. The Labute approximate surface area is 196 Å². The van der Waals surface area contributed by atoms with Crippen LogP contribution >= 0.6 is 0 Å². The van der Waals surface area contributed by atoms with Gasteiger partial charge in [0.15, 0.2) is 5.96 Å². The summed E-state index contributed by atoms with van der Waals surface area (Å²) in [5.41, 5.74) is 5.49. The van der Waals surface area contributed by atoms with Gasteiger partial charge in [0, 0.05) is 58.2 Å². The number of anilines is 1. The minimum atomic E-state index is 0.648. The number of para-hydroxylation sites is 1. The molecule has 174 valence electrons. The lowest BCUT2D eigenvalue weighted by atomic mass is 10.1. The third-order valence-electron chi connectivity index (χ3n) is 6.00. The number of benzene rings is 1. The largest absolute Gasteiger partial charge is 0.354 e. The molecule has 0 saturated carbocycles. The number of likely N-dealkylation sites (N-methyl/N-ethyl adjacent to an activating group) is 1. The highest BCUT2D eigenvalue weighted by atomic mass is 15.3. The molecule has 1 aromatic carbocycles. The fourth-order valence-corrected chi connectivity index (χ4v) is 4.07. The molecule has 0 aliphatic carbocycles. The molecule has 3 aromatic rings. The molecule has 0 radical (unpaired) electrons. The Kier molecular flexibility index (Phi) is 7.24. The first-order valence-electron chi connectivity index (χ1n) is 11.5. The standard InChI is InChI=1S/C25H34N8/c1-19-15-20(2)33(30-19)23-8-6-5-7-22(23)18-29-25(26-3)28-17-21-9-10-24(27-16-21)32-13-11-31(4)12-14-32/h5-10,15-16H,11-14,17-18H2,1-4H3,(H2,26,28,29). The zero-order valence-corrected chi connectivity index (χ0v) is 20.0. The minimum absolute atomic E-state index is 0.648. The summed E-state index contributed by atoms with van der Waals surface area (Å²) in [6, 6.07) is 14.7. The van der Waals surface area contributed by atoms with Crippen LogP contribution in [0.1, 0.15) is 22.5 Å². The number of aromatic nitrogens is 3. The van der Waals surface area contributed by atoms with Crippen molar-refractivity contribution in [2.75, 3.05) is 45.2 Å². The van der Waals surface area contributed by atoms with E-state index in [1.807, 2.05) is 23.9 Å². The van der Waals surface area contributed by atoms with Gasteiger partial charge in [-0.05, 0) is 50.2 Å². The van der Waals surface area contributed by atoms with Crippen molar-refractivity contribution >= 4 is 11.8 Å². The topological polar surface area (TPSA) is 73.6 Å². The lowest BCUT2D eigenvalue weighted by molar-refractivity contribution is 0.312. The molecule has 33 heavy (non-hydrogen) atoms. The molecule has 1 saturated heterocycles. The second-order valence-corrected chi connectivity index (χ2v) is 8.56.